The summed E-state index contributed by atoms with van der Waals surface area (Å²) in [6.07, 6.45) is 5.24. The van der Waals surface area contributed by atoms with Crippen LogP contribution in [-0.4, -0.2) is 36.7 Å². The first-order valence-electron chi connectivity index (χ1n) is 7.61. The maximum Gasteiger partial charge on any atom is 0.0730 e. The van der Waals surface area contributed by atoms with Gasteiger partial charge in [-0.3, -0.25) is 4.90 Å². The minimum Gasteiger partial charge on any atom is -0.375 e. The second kappa shape index (κ2) is 6.44. The number of benzene rings is 1. The molecule has 3 rings (SSSR count). The largest absolute Gasteiger partial charge is 0.375 e. The van der Waals surface area contributed by atoms with Crippen LogP contribution in [0.4, 0.5) is 0 Å². The minimum atomic E-state index is 0.0661. The molecule has 1 heterocycles. The van der Waals surface area contributed by atoms with E-state index in [1.807, 2.05) is 18.2 Å². The predicted molar refractivity (Wildman–Crippen MR) is 81.9 cm³/mol. The molecular weight excluding hydrogens is 272 g/mol. The molecule has 0 radical (unpaired) electrons. The second-order valence-electron chi connectivity index (χ2n) is 5.89. The van der Waals surface area contributed by atoms with Crippen LogP contribution in [0.5, 0.6) is 0 Å². The van der Waals surface area contributed by atoms with E-state index in [0.717, 1.165) is 36.7 Å². The summed E-state index contributed by atoms with van der Waals surface area (Å²) in [6, 6.07) is 8.59. The lowest BCUT2D eigenvalue weighted by Gasteiger charge is -2.38. The summed E-state index contributed by atoms with van der Waals surface area (Å²) in [4.78, 5) is 2.57. The van der Waals surface area contributed by atoms with Crippen molar-refractivity contribution in [3.63, 3.8) is 0 Å². The first-order chi connectivity index (χ1) is 9.74. The third kappa shape index (κ3) is 3.17. The average molecular weight is 295 g/mol. The van der Waals surface area contributed by atoms with Gasteiger partial charge in [0.2, 0.25) is 0 Å². The van der Waals surface area contributed by atoms with E-state index in [-0.39, 0.29) is 6.04 Å². The van der Waals surface area contributed by atoms with Gasteiger partial charge in [-0.05, 0) is 43.4 Å². The summed E-state index contributed by atoms with van der Waals surface area (Å²) in [5.41, 5.74) is 7.43. The summed E-state index contributed by atoms with van der Waals surface area (Å²) in [7, 11) is 0. The van der Waals surface area contributed by atoms with Gasteiger partial charge in [-0.15, -0.1) is 0 Å². The Morgan fingerprint density at radius 3 is 3.15 bits per heavy atom. The molecule has 4 heteroatoms. The van der Waals surface area contributed by atoms with Gasteiger partial charge in [0.15, 0.2) is 0 Å². The van der Waals surface area contributed by atoms with Crippen LogP contribution < -0.4 is 5.73 Å². The van der Waals surface area contributed by atoms with E-state index < -0.39 is 0 Å². The van der Waals surface area contributed by atoms with Crippen molar-refractivity contribution in [2.24, 2.45) is 5.73 Å². The Bertz CT molecular complexity index is 454. The Kier molecular flexibility index (Phi) is 4.61. The van der Waals surface area contributed by atoms with Crippen molar-refractivity contribution < 1.29 is 4.74 Å². The summed E-state index contributed by atoms with van der Waals surface area (Å²) < 4.78 is 5.85. The van der Waals surface area contributed by atoms with E-state index in [9.17, 15) is 0 Å². The van der Waals surface area contributed by atoms with Gasteiger partial charge in [0, 0.05) is 30.2 Å². The summed E-state index contributed by atoms with van der Waals surface area (Å²) in [5, 5.41) is 0.764. The highest BCUT2D eigenvalue weighted by Crippen LogP contribution is 2.30. The van der Waals surface area contributed by atoms with E-state index in [1.54, 1.807) is 0 Å². The predicted octanol–water partition coefficient (Wildman–Crippen LogP) is 2.98. The molecular formula is C16H23ClN2O. The third-order valence-corrected chi connectivity index (χ3v) is 4.84. The van der Waals surface area contributed by atoms with E-state index >= 15 is 0 Å². The van der Waals surface area contributed by atoms with E-state index in [2.05, 4.69) is 11.0 Å². The molecule has 0 bridgehead atoms. The van der Waals surface area contributed by atoms with Crippen molar-refractivity contribution in [1.82, 2.24) is 4.90 Å². The molecule has 2 aliphatic rings. The van der Waals surface area contributed by atoms with E-state index in [1.165, 1.54) is 19.3 Å². The SMILES string of the molecule is NC(CCN1CCOC2CCCC21)c1cccc(Cl)c1. The van der Waals surface area contributed by atoms with Gasteiger partial charge in [0.05, 0.1) is 12.7 Å². The molecule has 3 unspecified atom stereocenters. The summed E-state index contributed by atoms with van der Waals surface area (Å²) >= 11 is 6.03. The maximum absolute atomic E-state index is 6.30. The van der Waals surface area contributed by atoms with Crippen molar-refractivity contribution in [3.8, 4) is 0 Å². The summed E-state index contributed by atoms with van der Waals surface area (Å²) in [5.74, 6) is 0. The molecule has 1 saturated carbocycles. The van der Waals surface area contributed by atoms with Gasteiger partial charge in [-0.2, -0.15) is 0 Å². The number of morpholine rings is 1. The molecule has 3 nitrogen and oxygen atoms in total. The van der Waals surface area contributed by atoms with Crippen LogP contribution in [0.25, 0.3) is 0 Å². The molecule has 0 aromatic heterocycles. The molecule has 20 heavy (non-hydrogen) atoms. The zero-order chi connectivity index (χ0) is 13.9. The van der Waals surface area contributed by atoms with Crippen molar-refractivity contribution >= 4 is 11.6 Å². The Balaban J connectivity index is 1.56. The highest BCUT2D eigenvalue weighted by atomic mass is 35.5. The van der Waals surface area contributed by atoms with Crippen molar-refractivity contribution in [2.75, 3.05) is 19.7 Å². The molecule has 0 amide bonds. The second-order valence-corrected chi connectivity index (χ2v) is 6.33. The zero-order valence-electron chi connectivity index (χ0n) is 11.8. The molecule has 1 saturated heterocycles. The van der Waals surface area contributed by atoms with Crippen LogP contribution in [0.2, 0.25) is 5.02 Å². The lowest BCUT2D eigenvalue weighted by molar-refractivity contribution is -0.0561. The fourth-order valence-electron chi connectivity index (χ4n) is 3.49. The maximum atomic E-state index is 6.30. The fourth-order valence-corrected chi connectivity index (χ4v) is 3.69. The monoisotopic (exact) mass is 294 g/mol. The van der Waals surface area contributed by atoms with Crippen molar-refractivity contribution in [2.45, 2.75) is 43.9 Å². The number of hydrogen-bond donors (Lipinski definition) is 1. The molecule has 1 aliphatic carbocycles. The van der Waals surface area contributed by atoms with Gasteiger partial charge in [-0.25, -0.2) is 0 Å². The number of rotatable bonds is 4. The quantitative estimate of drug-likeness (QED) is 0.928. The molecule has 110 valence electrons. The number of fused-ring (bicyclic) bond motifs is 1. The minimum absolute atomic E-state index is 0.0661. The van der Waals surface area contributed by atoms with Gasteiger partial charge < -0.3 is 10.5 Å². The highest BCUT2D eigenvalue weighted by molar-refractivity contribution is 6.30. The molecule has 3 atom stereocenters. The number of ether oxygens (including phenoxy) is 1. The van der Waals surface area contributed by atoms with Gasteiger partial charge in [0.25, 0.3) is 0 Å². The number of halogens is 1. The number of nitrogens with zero attached hydrogens (tertiary/aromatic N) is 1. The molecule has 0 spiro atoms. The topological polar surface area (TPSA) is 38.5 Å². The van der Waals surface area contributed by atoms with Gasteiger partial charge >= 0.3 is 0 Å². The van der Waals surface area contributed by atoms with Crippen LogP contribution in [-0.2, 0) is 4.74 Å². The Morgan fingerprint density at radius 2 is 2.30 bits per heavy atom. The van der Waals surface area contributed by atoms with Crippen LogP contribution in [0.15, 0.2) is 24.3 Å². The lowest BCUT2D eigenvalue weighted by atomic mass is 10.0. The van der Waals surface area contributed by atoms with Gasteiger partial charge in [-0.1, -0.05) is 23.7 Å². The molecule has 1 aromatic carbocycles. The Labute approximate surface area is 126 Å². The Hall–Kier alpha value is -0.610. The molecule has 1 aromatic rings. The van der Waals surface area contributed by atoms with Crippen molar-refractivity contribution in [3.05, 3.63) is 34.9 Å². The van der Waals surface area contributed by atoms with Crippen molar-refractivity contribution in [1.29, 1.82) is 0 Å². The average Bonchev–Trinajstić information content (AvgIpc) is 2.93. The molecule has 2 fully saturated rings. The number of hydrogen-bond acceptors (Lipinski definition) is 3. The zero-order valence-corrected chi connectivity index (χ0v) is 12.6. The van der Waals surface area contributed by atoms with Crippen LogP contribution >= 0.6 is 11.6 Å². The lowest BCUT2D eigenvalue weighted by Crippen LogP contribution is -2.49. The standard InChI is InChI=1S/C16H23ClN2O/c17-13-4-1-3-12(11-13)14(18)7-8-19-9-10-20-16-6-2-5-15(16)19/h1,3-4,11,14-16H,2,5-10,18H2. The third-order valence-electron chi connectivity index (χ3n) is 4.60. The summed E-state index contributed by atoms with van der Waals surface area (Å²) in [6.45, 7) is 2.97. The van der Waals surface area contributed by atoms with Crippen LogP contribution in [0.3, 0.4) is 0 Å². The number of nitrogens with two attached hydrogens (primary N) is 1. The van der Waals surface area contributed by atoms with Gasteiger partial charge in [0.1, 0.15) is 0 Å². The van der Waals surface area contributed by atoms with Crippen LogP contribution in [0.1, 0.15) is 37.3 Å². The molecule has 2 N–H and O–H groups in total. The first kappa shape index (κ1) is 14.3. The first-order valence-corrected chi connectivity index (χ1v) is 7.98. The fraction of sp³-hybridized carbons (Fsp3) is 0.625. The highest BCUT2D eigenvalue weighted by Gasteiger charge is 2.35. The van der Waals surface area contributed by atoms with E-state index in [4.69, 9.17) is 22.1 Å². The normalized spacial score (nSPS) is 28.3. The Morgan fingerprint density at radius 1 is 1.40 bits per heavy atom. The van der Waals surface area contributed by atoms with E-state index in [0.29, 0.717) is 12.1 Å². The van der Waals surface area contributed by atoms with Crippen LogP contribution in [0, 0.1) is 0 Å². The smallest absolute Gasteiger partial charge is 0.0730 e. The molecule has 1 aliphatic heterocycles.